The molecule has 0 spiro atoms. The van der Waals surface area contributed by atoms with Gasteiger partial charge in [-0.3, -0.25) is 9.59 Å². The second-order valence-electron chi connectivity index (χ2n) is 8.78. The van der Waals surface area contributed by atoms with Crippen molar-refractivity contribution >= 4 is 23.6 Å². The van der Waals surface area contributed by atoms with Gasteiger partial charge in [-0.1, -0.05) is 42.7 Å². The minimum atomic E-state index is -0.228. The molecule has 0 unspecified atom stereocenters. The lowest BCUT2D eigenvalue weighted by atomic mass is 9.97. The van der Waals surface area contributed by atoms with Crippen molar-refractivity contribution < 1.29 is 9.59 Å². The Hall–Kier alpha value is -3.39. The molecule has 164 valence electrons. The van der Waals surface area contributed by atoms with Gasteiger partial charge >= 0.3 is 0 Å². The SMILES string of the molecule is Cc1c(C=C2CCN(C(=O)C3CCCC3)CC2)cccc1NC(=O)c1cccc(C#N)c1. The number of anilines is 1. The first-order valence-electron chi connectivity index (χ1n) is 11.4. The van der Waals surface area contributed by atoms with Crippen LogP contribution in [-0.4, -0.2) is 29.8 Å². The summed E-state index contributed by atoms with van der Waals surface area (Å²) < 4.78 is 0. The fourth-order valence-electron chi connectivity index (χ4n) is 4.68. The molecule has 2 aromatic rings. The summed E-state index contributed by atoms with van der Waals surface area (Å²) in [6.07, 6.45) is 8.48. The van der Waals surface area contributed by atoms with E-state index in [4.69, 9.17) is 5.26 Å². The van der Waals surface area contributed by atoms with Crippen LogP contribution in [-0.2, 0) is 4.79 Å². The van der Waals surface area contributed by atoms with E-state index in [2.05, 4.69) is 23.5 Å². The minimum absolute atomic E-state index is 0.228. The van der Waals surface area contributed by atoms with E-state index in [-0.39, 0.29) is 11.8 Å². The zero-order chi connectivity index (χ0) is 22.5. The van der Waals surface area contributed by atoms with Gasteiger partial charge in [-0.05, 0) is 68.0 Å². The van der Waals surface area contributed by atoms with Gasteiger partial charge in [-0.2, -0.15) is 5.26 Å². The maximum absolute atomic E-state index is 12.7. The van der Waals surface area contributed by atoms with Gasteiger partial charge in [-0.15, -0.1) is 0 Å². The third kappa shape index (κ3) is 4.91. The molecule has 2 aliphatic rings. The average Bonchev–Trinajstić information content (AvgIpc) is 3.37. The van der Waals surface area contributed by atoms with Gasteiger partial charge in [0.05, 0.1) is 11.6 Å². The van der Waals surface area contributed by atoms with Crippen LogP contribution in [0.15, 0.2) is 48.0 Å². The molecule has 2 fully saturated rings. The van der Waals surface area contributed by atoms with E-state index in [1.807, 2.05) is 24.0 Å². The summed E-state index contributed by atoms with van der Waals surface area (Å²) in [5.74, 6) is 0.369. The summed E-state index contributed by atoms with van der Waals surface area (Å²) in [4.78, 5) is 27.4. The molecule has 5 nitrogen and oxygen atoms in total. The van der Waals surface area contributed by atoms with Crippen molar-refractivity contribution in [3.8, 4) is 6.07 Å². The summed E-state index contributed by atoms with van der Waals surface area (Å²) in [5.41, 5.74) is 5.12. The smallest absolute Gasteiger partial charge is 0.255 e. The molecule has 0 bridgehead atoms. The fourth-order valence-corrected chi connectivity index (χ4v) is 4.68. The Morgan fingerprint density at radius 3 is 2.53 bits per heavy atom. The zero-order valence-electron chi connectivity index (χ0n) is 18.6. The molecular formula is C27H29N3O2. The highest BCUT2D eigenvalue weighted by Gasteiger charge is 2.28. The molecule has 1 N–H and O–H groups in total. The predicted octanol–water partition coefficient (Wildman–Crippen LogP) is 5.32. The summed E-state index contributed by atoms with van der Waals surface area (Å²) in [6, 6.07) is 14.7. The van der Waals surface area contributed by atoms with Crippen LogP contribution in [0.1, 0.15) is 65.6 Å². The molecule has 0 atom stereocenters. The Morgan fingerprint density at radius 2 is 1.81 bits per heavy atom. The highest BCUT2D eigenvalue weighted by molar-refractivity contribution is 6.05. The van der Waals surface area contributed by atoms with E-state index in [0.29, 0.717) is 17.0 Å². The van der Waals surface area contributed by atoms with Crippen LogP contribution in [0.3, 0.4) is 0 Å². The lowest BCUT2D eigenvalue weighted by Gasteiger charge is -2.30. The summed E-state index contributed by atoms with van der Waals surface area (Å²) >= 11 is 0. The van der Waals surface area contributed by atoms with Gasteiger partial charge in [0, 0.05) is 30.3 Å². The molecule has 1 aliphatic carbocycles. The third-order valence-corrected chi connectivity index (χ3v) is 6.66. The molecule has 1 saturated carbocycles. The molecule has 1 saturated heterocycles. The first-order chi connectivity index (χ1) is 15.5. The minimum Gasteiger partial charge on any atom is -0.342 e. The van der Waals surface area contributed by atoms with Crippen molar-refractivity contribution in [1.29, 1.82) is 5.26 Å². The Bertz CT molecular complexity index is 1080. The van der Waals surface area contributed by atoms with E-state index >= 15 is 0 Å². The topological polar surface area (TPSA) is 73.2 Å². The largest absolute Gasteiger partial charge is 0.342 e. The average molecular weight is 428 g/mol. The lowest BCUT2D eigenvalue weighted by Crippen LogP contribution is -2.39. The van der Waals surface area contributed by atoms with Gasteiger partial charge in [-0.25, -0.2) is 0 Å². The summed E-state index contributed by atoms with van der Waals surface area (Å²) in [7, 11) is 0. The first-order valence-corrected chi connectivity index (χ1v) is 11.4. The number of carbonyl (C=O) groups excluding carboxylic acids is 2. The van der Waals surface area contributed by atoms with Crippen molar-refractivity contribution in [2.75, 3.05) is 18.4 Å². The van der Waals surface area contributed by atoms with Crippen molar-refractivity contribution in [2.24, 2.45) is 5.92 Å². The van der Waals surface area contributed by atoms with Crippen LogP contribution >= 0.6 is 0 Å². The van der Waals surface area contributed by atoms with Crippen LogP contribution in [0.25, 0.3) is 6.08 Å². The predicted molar refractivity (Wildman–Crippen MR) is 126 cm³/mol. The van der Waals surface area contributed by atoms with E-state index in [1.54, 1.807) is 24.3 Å². The van der Waals surface area contributed by atoms with Crippen LogP contribution in [0.2, 0.25) is 0 Å². The lowest BCUT2D eigenvalue weighted by molar-refractivity contribution is -0.135. The highest BCUT2D eigenvalue weighted by atomic mass is 16.2. The van der Waals surface area contributed by atoms with E-state index in [1.165, 1.54) is 18.4 Å². The number of nitrogens with one attached hydrogen (secondary N) is 1. The van der Waals surface area contributed by atoms with Crippen LogP contribution in [0.5, 0.6) is 0 Å². The maximum atomic E-state index is 12.7. The zero-order valence-corrected chi connectivity index (χ0v) is 18.6. The molecule has 32 heavy (non-hydrogen) atoms. The van der Waals surface area contributed by atoms with Crippen LogP contribution < -0.4 is 5.32 Å². The van der Waals surface area contributed by atoms with Gasteiger partial charge in [0.25, 0.3) is 5.91 Å². The standard InChI is InChI=1S/C27H29N3O2/c1-19-23(16-20-12-14-30(15-13-20)27(32)22-7-2-3-8-22)9-5-11-25(19)29-26(31)24-10-4-6-21(17-24)18-28/h4-6,9-11,16-17,22H,2-3,7-8,12-15H2,1H3,(H,29,31). The molecular weight excluding hydrogens is 398 g/mol. The normalized spacial score (nSPS) is 16.5. The number of rotatable bonds is 4. The van der Waals surface area contributed by atoms with Gasteiger partial charge in [0.2, 0.25) is 5.91 Å². The molecule has 2 amide bonds. The number of nitrogens with zero attached hydrogens (tertiary/aromatic N) is 2. The summed E-state index contributed by atoms with van der Waals surface area (Å²) in [6.45, 7) is 3.60. The molecule has 1 aliphatic heterocycles. The Morgan fingerprint density at radius 1 is 1.09 bits per heavy atom. The van der Waals surface area contributed by atoms with Gasteiger partial charge < -0.3 is 10.2 Å². The van der Waals surface area contributed by atoms with E-state index in [9.17, 15) is 9.59 Å². The van der Waals surface area contributed by atoms with Gasteiger partial charge in [0.15, 0.2) is 0 Å². The van der Waals surface area contributed by atoms with Crippen molar-refractivity contribution in [2.45, 2.75) is 45.4 Å². The molecule has 2 aromatic carbocycles. The molecule has 4 rings (SSSR count). The van der Waals surface area contributed by atoms with Crippen molar-refractivity contribution in [3.63, 3.8) is 0 Å². The molecule has 0 radical (unpaired) electrons. The van der Waals surface area contributed by atoms with E-state index < -0.39 is 0 Å². The third-order valence-electron chi connectivity index (χ3n) is 6.66. The number of carbonyl (C=O) groups is 2. The number of likely N-dealkylation sites (tertiary alicyclic amines) is 1. The number of nitriles is 1. The maximum Gasteiger partial charge on any atom is 0.255 e. The number of piperidine rings is 1. The summed E-state index contributed by atoms with van der Waals surface area (Å²) in [5, 5.41) is 12.0. The van der Waals surface area contributed by atoms with Gasteiger partial charge in [0.1, 0.15) is 0 Å². The van der Waals surface area contributed by atoms with Crippen molar-refractivity contribution in [3.05, 3.63) is 70.3 Å². The van der Waals surface area contributed by atoms with Crippen LogP contribution in [0, 0.1) is 24.2 Å². The number of hydrogen-bond acceptors (Lipinski definition) is 3. The number of amides is 2. The quantitative estimate of drug-likeness (QED) is 0.718. The Kier molecular flexibility index (Phi) is 6.70. The molecule has 5 heteroatoms. The monoisotopic (exact) mass is 427 g/mol. The number of benzene rings is 2. The molecule has 0 aromatic heterocycles. The number of hydrogen-bond donors (Lipinski definition) is 1. The Balaban J connectivity index is 1.42. The van der Waals surface area contributed by atoms with Crippen LogP contribution in [0.4, 0.5) is 5.69 Å². The van der Waals surface area contributed by atoms with E-state index in [0.717, 1.165) is 55.6 Å². The first kappa shape index (κ1) is 21.8. The highest BCUT2D eigenvalue weighted by Crippen LogP contribution is 2.29. The van der Waals surface area contributed by atoms with Crippen molar-refractivity contribution in [1.82, 2.24) is 4.90 Å². The Labute approximate surface area is 189 Å². The molecule has 1 heterocycles. The second kappa shape index (κ2) is 9.82. The second-order valence-corrected chi connectivity index (χ2v) is 8.78. The fraction of sp³-hybridized carbons (Fsp3) is 0.370.